The summed E-state index contributed by atoms with van der Waals surface area (Å²) >= 11 is 0.242. The van der Waals surface area contributed by atoms with Gasteiger partial charge in [-0.3, -0.25) is 9.20 Å². The van der Waals surface area contributed by atoms with E-state index in [2.05, 4.69) is 20.5 Å². The molecule has 1 amide bonds. The molecule has 24 heavy (non-hydrogen) atoms. The van der Waals surface area contributed by atoms with Gasteiger partial charge < -0.3 is 5.32 Å². The number of hydrogen-bond donors (Lipinski definition) is 1. The number of carbonyl (C=O) groups is 1. The van der Waals surface area contributed by atoms with E-state index >= 15 is 0 Å². The fraction of sp³-hybridized carbons (Fsp3) is 0.200. The molecule has 0 bridgehead atoms. The minimum absolute atomic E-state index is 0.0108. The molecule has 1 atom stereocenters. The summed E-state index contributed by atoms with van der Waals surface area (Å²) in [5.74, 6) is -2.60. The number of nitrogens with one attached hydrogen (secondary N) is 1. The Balaban J connectivity index is 1.82. The van der Waals surface area contributed by atoms with Gasteiger partial charge in [-0.1, -0.05) is 6.07 Å². The van der Waals surface area contributed by atoms with Crippen LogP contribution in [0.1, 0.15) is 29.1 Å². The van der Waals surface area contributed by atoms with Crippen molar-refractivity contribution in [1.29, 1.82) is 0 Å². The van der Waals surface area contributed by atoms with Crippen LogP contribution in [0.2, 0.25) is 0 Å². The van der Waals surface area contributed by atoms with E-state index in [1.54, 1.807) is 23.6 Å². The summed E-state index contributed by atoms with van der Waals surface area (Å²) < 4.78 is 26.9. The van der Waals surface area contributed by atoms with Crippen LogP contribution < -0.4 is 5.32 Å². The Kier molecular flexibility index (Phi) is 4.70. The van der Waals surface area contributed by atoms with Crippen molar-refractivity contribution in [1.82, 2.24) is 24.9 Å². The standard InChI is InChI=1S/C15H13F2N5OS/c1-9(12-21-20-11-6-2-3-8-22(11)12)19-13(23)10-5-4-7-18-14(10)24-15(16)17/h2-9,15H,1H3,(H,19,23). The van der Waals surface area contributed by atoms with Gasteiger partial charge in [0.1, 0.15) is 5.03 Å². The zero-order chi connectivity index (χ0) is 17.1. The Morgan fingerprint density at radius 2 is 2.08 bits per heavy atom. The molecule has 0 aliphatic rings. The average molecular weight is 349 g/mol. The van der Waals surface area contributed by atoms with Crippen LogP contribution in [-0.4, -0.2) is 31.2 Å². The largest absolute Gasteiger partial charge is 0.342 e. The number of aromatic nitrogens is 4. The van der Waals surface area contributed by atoms with E-state index in [0.717, 1.165) is 0 Å². The zero-order valence-electron chi connectivity index (χ0n) is 12.6. The molecule has 1 unspecified atom stereocenters. The highest BCUT2D eigenvalue weighted by Gasteiger charge is 2.20. The topological polar surface area (TPSA) is 72.2 Å². The van der Waals surface area contributed by atoms with Crippen molar-refractivity contribution in [3.05, 3.63) is 54.1 Å². The van der Waals surface area contributed by atoms with Crippen molar-refractivity contribution in [3.63, 3.8) is 0 Å². The average Bonchev–Trinajstić information content (AvgIpc) is 2.98. The number of pyridine rings is 2. The summed E-state index contributed by atoms with van der Waals surface area (Å²) in [6.07, 6.45) is 3.16. The Morgan fingerprint density at radius 1 is 1.25 bits per heavy atom. The van der Waals surface area contributed by atoms with E-state index in [4.69, 9.17) is 0 Å². The highest BCUT2D eigenvalue weighted by molar-refractivity contribution is 7.99. The lowest BCUT2D eigenvalue weighted by Crippen LogP contribution is -2.28. The SMILES string of the molecule is CC(NC(=O)c1cccnc1SC(F)F)c1nnc2ccccn12. The summed E-state index contributed by atoms with van der Waals surface area (Å²) in [4.78, 5) is 16.3. The van der Waals surface area contributed by atoms with Gasteiger partial charge in [0.05, 0.1) is 11.6 Å². The van der Waals surface area contributed by atoms with Crippen LogP contribution in [0.15, 0.2) is 47.8 Å². The molecule has 3 heterocycles. The smallest absolute Gasteiger partial charge is 0.290 e. The fourth-order valence-corrected chi connectivity index (χ4v) is 2.81. The van der Waals surface area contributed by atoms with Gasteiger partial charge in [-0.15, -0.1) is 10.2 Å². The van der Waals surface area contributed by atoms with Crippen LogP contribution in [0, 0.1) is 0 Å². The molecule has 3 aromatic rings. The van der Waals surface area contributed by atoms with Gasteiger partial charge in [-0.2, -0.15) is 8.78 Å². The Hall–Kier alpha value is -2.55. The van der Waals surface area contributed by atoms with E-state index in [1.165, 1.54) is 18.3 Å². The number of carbonyl (C=O) groups excluding carboxylic acids is 1. The normalized spacial score (nSPS) is 12.5. The monoisotopic (exact) mass is 349 g/mol. The molecule has 0 aliphatic carbocycles. The molecule has 0 saturated heterocycles. The van der Waals surface area contributed by atoms with Crippen molar-refractivity contribution in [2.45, 2.75) is 23.7 Å². The quantitative estimate of drug-likeness (QED) is 0.717. The highest BCUT2D eigenvalue weighted by Crippen LogP contribution is 2.26. The number of hydrogen-bond acceptors (Lipinski definition) is 5. The van der Waals surface area contributed by atoms with Crippen molar-refractivity contribution in [2.75, 3.05) is 0 Å². The predicted octanol–water partition coefficient (Wildman–Crippen LogP) is 2.93. The number of rotatable bonds is 5. The number of alkyl halides is 2. The van der Waals surface area contributed by atoms with E-state index in [9.17, 15) is 13.6 Å². The van der Waals surface area contributed by atoms with Gasteiger partial charge in [0.15, 0.2) is 11.5 Å². The lowest BCUT2D eigenvalue weighted by atomic mass is 10.2. The minimum atomic E-state index is -2.65. The van der Waals surface area contributed by atoms with Crippen LogP contribution in [0.5, 0.6) is 0 Å². The Labute approximate surface area is 140 Å². The van der Waals surface area contributed by atoms with E-state index < -0.39 is 17.7 Å². The van der Waals surface area contributed by atoms with Crippen LogP contribution in [0.3, 0.4) is 0 Å². The summed E-state index contributed by atoms with van der Waals surface area (Å²) in [6, 6.07) is 7.99. The first-order valence-electron chi connectivity index (χ1n) is 7.06. The second-order valence-corrected chi connectivity index (χ2v) is 5.90. The van der Waals surface area contributed by atoms with Crippen molar-refractivity contribution in [3.8, 4) is 0 Å². The molecule has 0 radical (unpaired) electrons. The van der Waals surface area contributed by atoms with Crippen molar-refractivity contribution >= 4 is 23.3 Å². The first kappa shape index (κ1) is 16.3. The van der Waals surface area contributed by atoms with Crippen LogP contribution in [-0.2, 0) is 0 Å². The molecule has 0 spiro atoms. The van der Waals surface area contributed by atoms with E-state index in [1.807, 2.05) is 12.1 Å². The molecule has 0 aromatic carbocycles. The third-order valence-electron chi connectivity index (χ3n) is 3.29. The maximum atomic E-state index is 12.6. The molecule has 0 fully saturated rings. The number of halogens is 2. The Morgan fingerprint density at radius 3 is 2.88 bits per heavy atom. The lowest BCUT2D eigenvalue weighted by molar-refractivity contribution is 0.0934. The van der Waals surface area contributed by atoms with Gasteiger partial charge in [0.25, 0.3) is 11.7 Å². The molecular weight excluding hydrogens is 336 g/mol. The molecule has 0 aliphatic heterocycles. The third-order valence-corrected chi connectivity index (χ3v) is 4.02. The van der Waals surface area contributed by atoms with Crippen LogP contribution >= 0.6 is 11.8 Å². The minimum Gasteiger partial charge on any atom is -0.342 e. The van der Waals surface area contributed by atoms with Crippen LogP contribution in [0.25, 0.3) is 5.65 Å². The first-order valence-corrected chi connectivity index (χ1v) is 7.94. The van der Waals surface area contributed by atoms with Gasteiger partial charge in [0, 0.05) is 12.4 Å². The number of thioether (sulfide) groups is 1. The zero-order valence-corrected chi connectivity index (χ0v) is 13.4. The number of fused-ring (bicyclic) bond motifs is 1. The Bertz CT molecular complexity index is 870. The van der Waals surface area contributed by atoms with Crippen molar-refractivity contribution < 1.29 is 13.6 Å². The third kappa shape index (κ3) is 3.35. The number of nitrogens with zero attached hydrogens (tertiary/aromatic N) is 4. The highest BCUT2D eigenvalue weighted by atomic mass is 32.2. The molecular formula is C15H13F2N5OS. The summed E-state index contributed by atoms with van der Waals surface area (Å²) in [5.41, 5.74) is 0.757. The lowest BCUT2D eigenvalue weighted by Gasteiger charge is -2.13. The molecule has 6 nitrogen and oxygen atoms in total. The molecule has 124 valence electrons. The molecule has 3 rings (SSSR count). The van der Waals surface area contributed by atoms with Gasteiger partial charge in [0.2, 0.25) is 0 Å². The second kappa shape index (κ2) is 6.91. The summed E-state index contributed by atoms with van der Waals surface area (Å²) in [7, 11) is 0. The fourth-order valence-electron chi connectivity index (χ4n) is 2.24. The molecule has 9 heteroatoms. The van der Waals surface area contributed by atoms with Gasteiger partial charge in [-0.05, 0) is 43.0 Å². The van der Waals surface area contributed by atoms with E-state index in [-0.39, 0.29) is 22.4 Å². The van der Waals surface area contributed by atoms with Gasteiger partial charge in [-0.25, -0.2) is 4.98 Å². The van der Waals surface area contributed by atoms with Gasteiger partial charge >= 0.3 is 0 Å². The molecule has 0 saturated carbocycles. The maximum absolute atomic E-state index is 12.6. The van der Waals surface area contributed by atoms with Crippen molar-refractivity contribution in [2.24, 2.45) is 0 Å². The summed E-state index contributed by atoms with van der Waals surface area (Å²) in [5, 5.41) is 10.8. The number of amides is 1. The van der Waals surface area contributed by atoms with E-state index in [0.29, 0.717) is 11.5 Å². The molecule has 1 N–H and O–H groups in total. The first-order chi connectivity index (χ1) is 11.6. The predicted molar refractivity (Wildman–Crippen MR) is 85.0 cm³/mol. The summed E-state index contributed by atoms with van der Waals surface area (Å²) in [6.45, 7) is 1.75. The second-order valence-electron chi connectivity index (χ2n) is 4.92. The van der Waals surface area contributed by atoms with Crippen LogP contribution in [0.4, 0.5) is 8.78 Å². The maximum Gasteiger partial charge on any atom is 0.290 e. The molecule has 3 aromatic heterocycles.